The maximum absolute atomic E-state index is 8.78. The Kier molecular flexibility index (Phi) is 4.00. The second-order valence-electron chi connectivity index (χ2n) is 4.05. The van der Waals surface area contributed by atoms with Crippen molar-refractivity contribution < 1.29 is 0 Å². The van der Waals surface area contributed by atoms with Crippen LogP contribution in [0.5, 0.6) is 0 Å². The van der Waals surface area contributed by atoms with Crippen LogP contribution >= 0.6 is 0 Å². The Hall–Kier alpha value is -2.25. The van der Waals surface area contributed by atoms with Gasteiger partial charge in [0.15, 0.2) is 0 Å². The number of pyridine rings is 2. The van der Waals surface area contributed by atoms with Crippen LogP contribution in [0, 0.1) is 11.3 Å². The lowest BCUT2D eigenvalue weighted by Crippen LogP contribution is -2.18. The Labute approximate surface area is 106 Å². The third-order valence-electron chi connectivity index (χ3n) is 2.74. The third kappa shape index (κ3) is 3.12. The van der Waals surface area contributed by atoms with Crippen molar-refractivity contribution in [1.82, 2.24) is 15.3 Å². The molecule has 4 heteroatoms. The molecule has 0 unspecified atom stereocenters. The first-order chi connectivity index (χ1) is 8.79. The highest BCUT2D eigenvalue weighted by molar-refractivity contribution is 5.25. The smallest absolute Gasteiger partial charge is 0.140 e. The highest BCUT2D eigenvalue weighted by Crippen LogP contribution is 2.11. The molecule has 2 heterocycles. The Bertz CT molecular complexity index is 545. The summed E-state index contributed by atoms with van der Waals surface area (Å²) in [5.74, 6) is 0. The van der Waals surface area contributed by atoms with Crippen molar-refractivity contribution in [2.24, 2.45) is 0 Å². The maximum atomic E-state index is 8.78. The summed E-state index contributed by atoms with van der Waals surface area (Å²) in [7, 11) is 0. The van der Waals surface area contributed by atoms with Gasteiger partial charge in [0.05, 0.1) is 0 Å². The van der Waals surface area contributed by atoms with Crippen LogP contribution in [-0.4, -0.2) is 9.97 Å². The quantitative estimate of drug-likeness (QED) is 0.887. The predicted octanol–water partition coefficient (Wildman–Crippen LogP) is 2.20. The highest BCUT2D eigenvalue weighted by Gasteiger charge is 2.04. The summed E-state index contributed by atoms with van der Waals surface area (Å²) in [6.45, 7) is 2.79. The van der Waals surface area contributed by atoms with Crippen molar-refractivity contribution in [3.8, 4) is 6.07 Å². The van der Waals surface area contributed by atoms with Crippen LogP contribution < -0.4 is 5.32 Å². The Balaban J connectivity index is 1.97. The van der Waals surface area contributed by atoms with Crippen molar-refractivity contribution in [3.63, 3.8) is 0 Å². The van der Waals surface area contributed by atoms with E-state index in [4.69, 9.17) is 5.26 Å². The molecule has 0 saturated carbocycles. The Morgan fingerprint density at radius 2 is 2.28 bits per heavy atom. The molecule has 4 nitrogen and oxygen atoms in total. The summed E-state index contributed by atoms with van der Waals surface area (Å²) in [4.78, 5) is 8.04. The molecule has 0 fully saturated rings. The van der Waals surface area contributed by atoms with E-state index in [0.717, 1.165) is 11.1 Å². The van der Waals surface area contributed by atoms with Gasteiger partial charge in [-0.3, -0.25) is 4.98 Å². The monoisotopic (exact) mass is 238 g/mol. The van der Waals surface area contributed by atoms with Gasteiger partial charge in [-0.15, -0.1) is 0 Å². The van der Waals surface area contributed by atoms with Gasteiger partial charge in [0.2, 0.25) is 0 Å². The summed E-state index contributed by atoms with van der Waals surface area (Å²) in [5, 5.41) is 12.2. The molecule has 0 aliphatic carbocycles. The first-order valence-electron chi connectivity index (χ1n) is 5.78. The standard InChI is InChI=1S/C14H14N4/c1-11(13-3-2-5-16-10-13)18-9-12-4-6-17-14(7-12)8-15/h2-7,10-11,18H,9H2,1H3/t11-/m0/s1. The maximum Gasteiger partial charge on any atom is 0.140 e. The van der Waals surface area contributed by atoms with Gasteiger partial charge in [-0.05, 0) is 36.2 Å². The fourth-order valence-corrected chi connectivity index (χ4v) is 1.67. The molecule has 0 aliphatic heterocycles. The molecule has 0 bridgehead atoms. The van der Waals surface area contributed by atoms with Crippen molar-refractivity contribution in [3.05, 3.63) is 59.7 Å². The number of hydrogen-bond acceptors (Lipinski definition) is 4. The van der Waals surface area contributed by atoms with Crippen LogP contribution in [-0.2, 0) is 6.54 Å². The van der Waals surface area contributed by atoms with Crippen LogP contribution in [0.4, 0.5) is 0 Å². The summed E-state index contributed by atoms with van der Waals surface area (Å²) in [6, 6.07) is 9.92. The number of nitrogens with one attached hydrogen (secondary N) is 1. The minimum atomic E-state index is 0.220. The van der Waals surface area contributed by atoms with Crippen LogP contribution in [0.25, 0.3) is 0 Å². The molecule has 0 aliphatic rings. The van der Waals surface area contributed by atoms with E-state index in [1.54, 1.807) is 18.5 Å². The lowest BCUT2D eigenvalue weighted by molar-refractivity contribution is 0.572. The largest absolute Gasteiger partial charge is 0.306 e. The average Bonchev–Trinajstić information content (AvgIpc) is 2.46. The van der Waals surface area contributed by atoms with Gasteiger partial charge in [0.25, 0.3) is 0 Å². The molecular formula is C14H14N4. The van der Waals surface area contributed by atoms with Gasteiger partial charge < -0.3 is 5.32 Å². The molecule has 1 N–H and O–H groups in total. The molecule has 2 aromatic heterocycles. The molecule has 0 saturated heterocycles. The van der Waals surface area contributed by atoms with Gasteiger partial charge in [0.1, 0.15) is 11.8 Å². The minimum Gasteiger partial charge on any atom is -0.306 e. The minimum absolute atomic E-state index is 0.220. The van der Waals surface area contributed by atoms with Gasteiger partial charge >= 0.3 is 0 Å². The molecule has 1 atom stereocenters. The number of aromatic nitrogens is 2. The first kappa shape index (κ1) is 12.2. The van der Waals surface area contributed by atoms with Crippen molar-refractivity contribution in [2.45, 2.75) is 19.5 Å². The highest BCUT2D eigenvalue weighted by atomic mass is 14.9. The fourth-order valence-electron chi connectivity index (χ4n) is 1.67. The molecule has 90 valence electrons. The van der Waals surface area contributed by atoms with E-state index >= 15 is 0 Å². The van der Waals surface area contributed by atoms with Crippen LogP contribution in [0.2, 0.25) is 0 Å². The van der Waals surface area contributed by atoms with Gasteiger partial charge in [0, 0.05) is 31.2 Å². The predicted molar refractivity (Wildman–Crippen MR) is 68.4 cm³/mol. The van der Waals surface area contributed by atoms with Gasteiger partial charge in [-0.25, -0.2) is 4.98 Å². The second kappa shape index (κ2) is 5.89. The lowest BCUT2D eigenvalue weighted by Gasteiger charge is -2.13. The zero-order chi connectivity index (χ0) is 12.8. The van der Waals surface area contributed by atoms with E-state index in [2.05, 4.69) is 22.2 Å². The van der Waals surface area contributed by atoms with Crippen molar-refractivity contribution in [2.75, 3.05) is 0 Å². The summed E-state index contributed by atoms with van der Waals surface area (Å²) in [6.07, 6.45) is 5.27. The summed E-state index contributed by atoms with van der Waals surface area (Å²) >= 11 is 0. The molecule has 0 amide bonds. The van der Waals surface area contributed by atoms with Crippen LogP contribution in [0.3, 0.4) is 0 Å². The van der Waals surface area contributed by atoms with Crippen LogP contribution in [0.1, 0.15) is 29.8 Å². The zero-order valence-electron chi connectivity index (χ0n) is 10.2. The SMILES string of the molecule is C[C@H](NCc1ccnc(C#N)c1)c1cccnc1. The molecule has 2 rings (SSSR count). The molecule has 18 heavy (non-hydrogen) atoms. The van der Waals surface area contributed by atoms with Gasteiger partial charge in [-0.2, -0.15) is 5.26 Å². The van der Waals surface area contributed by atoms with E-state index in [9.17, 15) is 0 Å². The second-order valence-corrected chi connectivity index (χ2v) is 4.05. The fraction of sp³-hybridized carbons (Fsp3) is 0.214. The van der Waals surface area contributed by atoms with Crippen LogP contribution in [0.15, 0.2) is 42.9 Å². The van der Waals surface area contributed by atoms with E-state index in [1.165, 1.54) is 0 Å². The zero-order valence-corrected chi connectivity index (χ0v) is 10.2. The molecule has 0 radical (unpaired) electrons. The van der Waals surface area contributed by atoms with Crippen molar-refractivity contribution in [1.29, 1.82) is 5.26 Å². The topological polar surface area (TPSA) is 61.6 Å². The number of rotatable bonds is 4. The van der Waals surface area contributed by atoms with Crippen molar-refractivity contribution >= 4 is 0 Å². The van der Waals surface area contributed by atoms with E-state index < -0.39 is 0 Å². The molecule has 2 aromatic rings. The number of hydrogen-bond donors (Lipinski definition) is 1. The lowest BCUT2D eigenvalue weighted by atomic mass is 10.1. The van der Waals surface area contributed by atoms with E-state index in [-0.39, 0.29) is 6.04 Å². The Morgan fingerprint density at radius 3 is 3.00 bits per heavy atom. The van der Waals surface area contributed by atoms with Gasteiger partial charge in [-0.1, -0.05) is 6.07 Å². The summed E-state index contributed by atoms with van der Waals surface area (Å²) in [5.41, 5.74) is 2.65. The first-order valence-corrected chi connectivity index (χ1v) is 5.78. The third-order valence-corrected chi connectivity index (χ3v) is 2.74. The summed E-state index contributed by atoms with van der Waals surface area (Å²) < 4.78 is 0. The average molecular weight is 238 g/mol. The number of nitriles is 1. The molecular weight excluding hydrogens is 224 g/mol. The Morgan fingerprint density at radius 1 is 1.39 bits per heavy atom. The van der Waals surface area contributed by atoms with E-state index in [0.29, 0.717) is 12.2 Å². The normalized spacial score (nSPS) is 11.8. The molecule has 0 aromatic carbocycles. The van der Waals surface area contributed by atoms with E-state index in [1.807, 2.05) is 30.5 Å². The number of nitrogens with zero attached hydrogens (tertiary/aromatic N) is 3. The molecule has 0 spiro atoms.